The van der Waals surface area contributed by atoms with Gasteiger partial charge in [0.2, 0.25) is 0 Å². The van der Waals surface area contributed by atoms with Gasteiger partial charge in [-0.25, -0.2) is 4.79 Å². The fourth-order valence-corrected chi connectivity index (χ4v) is 3.46. The lowest BCUT2D eigenvalue weighted by Gasteiger charge is -2.20. The Bertz CT molecular complexity index is 867. The molecule has 0 unspecified atom stereocenters. The van der Waals surface area contributed by atoms with Gasteiger partial charge in [0.1, 0.15) is 5.75 Å². The van der Waals surface area contributed by atoms with E-state index in [0.717, 1.165) is 14.9 Å². The Hall–Kier alpha value is -1.77. The molecular formula is C15H15IN2O4. The van der Waals surface area contributed by atoms with Crippen molar-refractivity contribution in [2.75, 3.05) is 13.7 Å². The van der Waals surface area contributed by atoms with E-state index in [1.54, 1.807) is 7.11 Å². The van der Waals surface area contributed by atoms with Crippen molar-refractivity contribution in [3.63, 3.8) is 0 Å². The molecule has 0 saturated carbocycles. The maximum absolute atomic E-state index is 12.1. The van der Waals surface area contributed by atoms with Crippen molar-refractivity contribution in [1.29, 1.82) is 0 Å². The SMILES string of the molecule is COc1c(I)cc(-n2ccc(=O)[nH]c2=O)c2c1C(C)(C)CO2. The van der Waals surface area contributed by atoms with E-state index in [1.807, 2.05) is 6.07 Å². The van der Waals surface area contributed by atoms with Crippen molar-refractivity contribution in [3.8, 4) is 17.2 Å². The molecule has 0 amide bonds. The van der Waals surface area contributed by atoms with E-state index in [1.165, 1.54) is 16.8 Å². The standard InChI is InChI=1S/C15H15IN2O4/c1-15(2)7-22-13-9(6-8(16)12(21-3)11(13)15)18-5-4-10(19)17-14(18)20/h4-6H,7H2,1-3H3,(H,17,19,20). The van der Waals surface area contributed by atoms with Crippen LogP contribution in [0.2, 0.25) is 0 Å². The summed E-state index contributed by atoms with van der Waals surface area (Å²) >= 11 is 2.17. The third kappa shape index (κ3) is 2.23. The molecule has 1 N–H and O–H groups in total. The summed E-state index contributed by atoms with van der Waals surface area (Å²) in [6.45, 7) is 4.64. The van der Waals surface area contributed by atoms with Crippen LogP contribution >= 0.6 is 22.6 Å². The second-order valence-corrected chi connectivity index (χ2v) is 6.93. The monoisotopic (exact) mass is 414 g/mol. The number of aromatic amines is 1. The highest BCUT2D eigenvalue weighted by atomic mass is 127. The zero-order chi connectivity index (χ0) is 16.1. The minimum atomic E-state index is -0.496. The van der Waals surface area contributed by atoms with Crippen LogP contribution in [0.3, 0.4) is 0 Å². The smallest absolute Gasteiger partial charge is 0.333 e. The van der Waals surface area contributed by atoms with Crippen LogP contribution in [0.25, 0.3) is 5.69 Å². The molecule has 1 aromatic heterocycles. The van der Waals surface area contributed by atoms with E-state index in [0.29, 0.717) is 18.0 Å². The van der Waals surface area contributed by atoms with E-state index in [4.69, 9.17) is 9.47 Å². The molecule has 1 aliphatic heterocycles. The third-order valence-electron chi connectivity index (χ3n) is 3.71. The summed E-state index contributed by atoms with van der Waals surface area (Å²) in [4.78, 5) is 25.6. The first-order chi connectivity index (χ1) is 10.3. The summed E-state index contributed by atoms with van der Waals surface area (Å²) < 4.78 is 13.6. The van der Waals surface area contributed by atoms with Crippen LogP contribution in [0.4, 0.5) is 0 Å². The number of nitrogens with zero attached hydrogens (tertiary/aromatic N) is 1. The maximum atomic E-state index is 12.1. The number of nitrogens with one attached hydrogen (secondary N) is 1. The number of halogens is 1. The van der Waals surface area contributed by atoms with Gasteiger partial charge < -0.3 is 9.47 Å². The van der Waals surface area contributed by atoms with Crippen molar-refractivity contribution in [3.05, 3.63) is 48.3 Å². The highest BCUT2D eigenvalue weighted by Crippen LogP contribution is 2.49. The Kier molecular flexibility index (Phi) is 3.54. The van der Waals surface area contributed by atoms with E-state index in [2.05, 4.69) is 41.4 Å². The van der Waals surface area contributed by atoms with Gasteiger partial charge in [0, 0.05) is 23.2 Å². The molecule has 2 heterocycles. The van der Waals surface area contributed by atoms with Gasteiger partial charge >= 0.3 is 5.69 Å². The number of H-pyrrole nitrogens is 1. The average Bonchev–Trinajstić information content (AvgIpc) is 2.75. The van der Waals surface area contributed by atoms with Crippen LogP contribution in [0.15, 0.2) is 27.9 Å². The highest BCUT2D eigenvalue weighted by molar-refractivity contribution is 14.1. The highest BCUT2D eigenvalue weighted by Gasteiger charge is 2.38. The molecule has 3 rings (SSSR count). The molecule has 1 aliphatic rings. The molecule has 2 aromatic rings. The van der Waals surface area contributed by atoms with Crippen LogP contribution in [-0.2, 0) is 5.41 Å². The van der Waals surface area contributed by atoms with Gasteiger partial charge in [-0.2, -0.15) is 0 Å². The zero-order valence-electron chi connectivity index (χ0n) is 12.4. The van der Waals surface area contributed by atoms with E-state index >= 15 is 0 Å². The summed E-state index contributed by atoms with van der Waals surface area (Å²) in [5.74, 6) is 1.38. The fourth-order valence-electron chi connectivity index (χ4n) is 2.67. The van der Waals surface area contributed by atoms with Gasteiger partial charge in [0.05, 0.1) is 23.0 Å². The molecule has 0 bridgehead atoms. The quantitative estimate of drug-likeness (QED) is 0.762. The molecule has 6 nitrogen and oxygen atoms in total. The Morgan fingerprint density at radius 1 is 1.41 bits per heavy atom. The van der Waals surface area contributed by atoms with E-state index in [9.17, 15) is 9.59 Å². The number of methoxy groups -OCH3 is 1. The second-order valence-electron chi connectivity index (χ2n) is 5.77. The number of hydrogen-bond donors (Lipinski definition) is 1. The molecule has 0 spiro atoms. The minimum Gasteiger partial charge on any atom is -0.495 e. The van der Waals surface area contributed by atoms with Crippen molar-refractivity contribution < 1.29 is 9.47 Å². The first-order valence-electron chi connectivity index (χ1n) is 6.71. The average molecular weight is 414 g/mol. The van der Waals surface area contributed by atoms with Crippen LogP contribution in [-0.4, -0.2) is 23.3 Å². The predicted molar refractivity (Wildman–Crippen MR) is 90.4 cm³/mol. The molecule has 22 heavy (non-hydrogen) atoms. The molecule has 116 valence electrons. The molecule has 7 heteroatoms. The van der Waals surface area contributed by atoms with Gasteiger partial charge in [-0.15, -0.1) is 0 Å². The van der Waals surface area contributed by atoms with Crippen LogP contribution in [0, 0.1) is 3.57 Å². The van der Waals surface area contributed by atoms with Gasteiger partial charge in [0.15, 0.2) is 5.75 Å². The van der Waals surface area contributed by atoms with Crippen LogP contribution in [0.1, 0.15) is 19.4 Å². The van der Waals surface area contributed by atoms with Crippen LogP contribution in [0.5, 0.6) is 11.5 Å². The molecule has 0 radical (unpaired) electrons. The van der Waals surface area contributed by atoms with Gasteiger partial charge in [-0.05, 0) is 28.7 Å². The number of ether oxygens (including phenoxy) is 2. The second kappa shape index (κ2) is 5.15. The molecule has 0 saturated heterocycles. The summed E-state index contributed by atoms with van der Waals surface area (Å²) in [5, 5.41) is 0. The zero-order valence-corrected chi connectivity index (χ0v) is 14.6. The number of hydrogen-bond acceptors (Lipinski definition) is 4. The Morgan fingerprint density at radius 3 is 2.77 bits per heavy atom. The topological polar surface area (TPSA) is 73.3 Å². The fraction of sp³-hybridized carbons (Fsp3) is 0.333. The first kappa shape index (κ1) is 15.1. The molecule has 0 atom stereocenters. The van der Waals surface area contributed by atoms with Gasteiger partial charge in [0.25, 0.3) is 5.56 Å². The van der Waals surface area contributed by atoms with Crippen molar-refractivity contribution in [2.45, 2.75) is 19.3 Å². The summed E-state index contributed by atoms with van der Waals surface area (Å²) in [5.41, 5.74) is 0.399. The normalized spacial score (nSPS) is 15.3. The van der Waals surface area contributed by atoms with Crippen molar-refractivity contribution in [1.82, 2.24) is 9.55 Å². The minimum absolute atomic E-state index is 0.220. The number of rotatable bonds is 2. The van der Waals surface area contributed by atoms with Crippen molar-refractivity contribution >= 4 is 22.6 Å². The molecule has 0 aliphatic carbocycles. The van der Waals surface area contributed by atoms with Gasteiger partial charge in [-0.3, -0.25) is 14.3 Å². The number of benzene rings is 1. The van der Waals surface area contributed by atoms with E-state index < -0.39 is 11.2 Å². The number of fused-ring (bicyclic) bond motifs is 1. The lowest BCUT2D eigenvalue weighted by atomic mass is 9.86. The lowest BCUT2D eigenvalue weighted by Crippen LogP contribution is -2.27. The molecule has 1 aromatic carbocycles. The van der Waals surface area contributed by atoms with Gasteiger partial charge in [-0.1, -0.05) is 13.8 Å². The van der Waals surface area contributed by atoms with E-state index in [-0.39, 0.29) is 5.41 Å². The Balaban J connectivity index is 2.36. The Labute approximate surface area is 140 Å². The third-order valence-corrected chi connectivity index (χ3v) is 4.51. The predicted octanol–water partition coefficient (Wildman–Crippen LogP) is 1.81. The molecule has 0 fully saturated rings. The summed E-state index contributed by atoms with van der Waals surface area (Å²) in [6, 6.07) is 3.13. The molecular weight excluding hydrogens is 399 g/mol. The first-order valence-corrected chi connectivity index (χ1v) is 7.79. The number of aromatic nitrogens is 2. The summed E-state index contributed by atoms with van der Waals surface area (Å²) in [6.07, 6.45) is 1.45. The Morgan fingerprint density at radius 2 is 2.14 bits per heavy atom. The largest absolute Gasteiger partial charge is 0.495 e. The lowest BCUT2D eigenvalue weighted by molar-refractivity contribution is 0.289. The summed E-state index contributed by atoms with van der Waals surface area (Å²) in [7, 11) is 1.62. The van der Waals surface area contributed by atoms with Crippen LogP contribution < -0.4 is 20.7 Å². The maximum Gasteiger partial charge on any atom is 0.333 e. The van der Waals surface area contributed by atoms with Crippen molar-refractivity contribution in [2.24, 2.45) is 0 Å².